The van der Waals surface area contributed by atoms with Crippen LogP contribution in [0.1, 0.15) is 66.2 Å². The topological polar surface area (TPSA) is 67.9 Å². The molecular formula is C18H30N2O4. The Balaban J connectivity index is 1.88. The van der Waals surface area contributed by atoms with E-state index in [0.717, 1.165) is 19.3 Å². The second kappa shape index (κ2) is 5.43. The van der Waals surface area contributed by atoms with Crippen molar-refractivity contribution in [2.24, 2.45) is 0 Å². The van der Waals surface area contributed by atoms with Gasteiger partial charge in [0.1, 0.15) is 5.72 Å². The summed E-state index contributed by atoms with van der Waals surface area (Å²) in [4.78, 5) is 26.8. The zero-order valence-electron chi connectivity index (χ0n) is 15.5. The molecule has 0 bridgehead atoms. The molecule has 6 nitrogen and oxygen atoms in total. The molecule has 3 aliphatic rings. The zero-order valence-corrected chi connectivity index (χ0v) is 15.5. The third-order valence-corrected chi connectivity index (χ3v) is 5.55. The summed E-state index contributed by atoms with van der Waals surface area (Å²) in [6, 6.07) is 0. The van der Waals surface area contributed by atoms with Crippen LogP contribution in [-0.2, 0) is 19.1 Å². The van der Waals surface area contributed by atoms with E-state index in [9.17, 15) is 9.59 Å². The van der Waals surface area contributed by atoms with Crippen molar-refractivity contribution in [1.82, 2.24) is 10.2 Å². The van der Waals surface area contributed by atoms with Gasteiger partial charge in [-0.3, -0.25) is 9.59 Å². The SMILES string of the molecule is COC(=O)CCN1C(=O)C2(CC(C)(C)NC(C)(C)C2)OC12CCC2. The Morgan fingerprint density at radius 2 is 1.79 bits per heavy atom. The summed E-state index contributed by atoms with van der Waals surface area (Å²) in [5.41, 5.74) is -1.65. The van der Waals surface area contributed by atoms with Gasteiger partial charge in [-0.15, -0.1) is 0 Å². The summed E-state index contributed by atoms with van der Waals surface area (Å²) in [6.45, 7) is 8.86. The predicted molar refractivity (Wildman–Crippen MR) is 89.3 cm³/mol. The van der Waals surface area contributed by atoms with E-state index < -0.39 is 11.3 Å². The van der Waals surface area contributed by atoms with Crippen molar-refractivity contribution in [1.29, 1.82) is 0 Å². The highest BCUT2D eigenvalue weighted by Gasteiger charge is 2.66. The van der Waals surface area contributed by atoms with Gasteiger partial charge in [-0.1, -0.05) is 0 Å². The fourth-order valence-corrected chi connectivity index (χ4v) is 5.07. The van der Waals surface area contributed by atoms with Crippen molar-refractivity contribution in [2.45, 2.75) is 88.6 Å². The van der Waals surface area contributed by atoms with E-state index in [1.807, 2.05) is 4.90 Å². The molecule has 24 heavy (non-hydrogen) atoms. The van der Waals surface area contributed by atoms with Crippen molar-refractivity contribution < 1.29 is 19.1 Å². The highest BCUT2D eigenvalue weighted by molar-refractivity contribution is 5.89. The molecule has 1 N–H and O–H groups in total. The van der Waals surface area contributed by atoms with Gasteiger partial charge in [-0.2, -0.15) is 0 Å². The number of piperidine rings is 1. The second-order valence-corrected chi connectivity index (χ2v) is 8.93. The number of esters is 1. The van der Waals surface area contributed by atoms with Gasteiger partial charge < -0.3 is 19.7 Å². The minimum atomic E-state index is -0.783. The first-order chi connectivity index (χ1) is 11.0. The molecule has 0 aromatic carbocycles. The minimum absolute atomic E-state index is 0.0498. The molecule has 1 saturated carbocycles. The van der Waals surface area contributed by atoms with Gasteiger partial charge in [-0.05, 0) is 47.0 Å². The molecule has 3 rings (SSSR count). The van der Waals surface area contributed by atoms with Gasteiger partial charge in [0.2, 0.25) is 0 Å². The van der Waals surface area contributed by atoms with Crippen molar-refractivity contribution in [3.63, 3.8) is 0 Å². The fraction of sp³-hybridized carbons (Fsp3) is 0.889. The van der Waals surface area contributed by atoms with Crippen LogP contribution >= 0.6 is 0 Å². The van der Waals surface area contributed by atoms with Crippen molar-refractivity contribution in [3.8, 4) is 0 Å². The highest BCUT2D eigenvalue weighted by atomic mass is 16.6. The van der Waals surface area contributed by atoms with Gasteiger partial charge in [-0.25, -0.2) is 0 Å². The van der Waals surface area contributed by atoms with E-state index in [0.29, 0.717) is 19.4 Å². The normalized spacial score (nSPS) is 28.9. The number of nitrogens with zero attached hydrogens (tertiary/aromatic N) is 1. The molecule has 0 unspecified atom stereocenters. The summed E-state index contributed by atoms with van der Waals surface area (Å²) < 4.78 is 11.3. The standard InChI is InChI=1S/C18H30N2O4/c1-15(2)11-17(12-16(3,4)19-15)14(22)20(10-7-13(21)23-5)18(24-17)8-6-9-18/h19H,6-12H2,1-5H3. The Morgan fingerprint density at radius 1 is 1.21 bits per heavy atom. The molecular weight excluding hydrogens is 308 g/mol. The van der Waals surface area contributed by atoms with E-state index in [1.54, 1.807) is 0 Å². The lowest BCUT2D eigenvalue weighted by atomic mass is 9.72. The zero-order chi connectivity index (χ0) is 17.8. The van der Waals surface area contributed by atoms with Crippen LogP contribution in [0.5, 0.6) is 0 Å². The smallest absolute Gasteiger partial charge is 0.307 e. The number of ether oxygens (including phenoxy) is 2. The lowest BCUT2D eigenvalue weighted by molar-refractivity contribution is -0.202. The van der Waals surface area contributed by atoms with E-state index in [1.165, 1.54) is 7.11 Å². The van der Waals surface area contributed by atoms with E-state index in [-0.39, 0.29) is 29.4 Å². The van der Waals surface area contributed by atoms with Gasteiger partial charge in [0.15, 0.2) is 5.60 Å². The third-order valence-electron chi connectivity index (χ3n) is 5.55. The molecule has 1 amide bonds. The molecule has 6 heteroatoms. The first-order valence-electron chi connectivity index (χ1n) is 8.92. The summed E-state index contributed by atoms with van der Waals surface area (Å²) >= 11 is 0. The number of carbonyl (C=O) groups excluding carboxylic acids is 2. The van der Waals surface area contributed by atoms with Crippen molar-refractivity contribution >= 4 is 11.9 Å². The molecule has 0 aromatic heterocycles. The Bertz CT molecular complexity index is 535. The van der Waals surface area contributed by atoms with Crippen LogP contribution in [0.2, 0.25) is 0 Å². The number of rotatable bonds is 3. The van der Waals surface area contributed by atoms with E-state index in [4.69, 9.17) is 9.47 Å². The maximum absolute atomic E-state index is 13.4. The second-order valence-electron chi connectivity index (χ2n) is 8.93. The maximum atomic E-state index is 13.4. The molecule has 0 atom stereocenters. The van der Waals surface area contributed by atoms with Crippen molar-refractivity contribution in [3.05, 3.63) is 0 Å². The molecule has 2 heterocycles. The van der Waals surface area contributed by atoms with E-state index in [2.05, 4.69) is 33.0 Å². The molecule has 2 spiro atoms. The molecule has 0 aromatic rings. The predicted octanol–water partition coefficient (Wildman–Crippen LogP) is 1.97. The number of carbonyl (C=O) groups is 2. The lowest BCUT2D eigenvalue weighted by Crippen LogP contribution is -2.65. The van der Waals surface area contributed by atoms with Crippen LogP contribution in [0.15, 0.2) is 0 Å². The fourth-order valence-electron chi connectivity index (χ4n) is 5.07. The molecule has 3 fully saturated rings. The summed E-state index contributed by atoms with van der Waals surface area (Å²) in [6.07, 6.45) is 4.29. The largest absolute Gasteiger partial charge is 0.469 e. The number of hydrogen-bond acceptors (Lipinski definition) is 5. The summed E-state index contributed by atoms with van der Waals surface area (Å²) in [7, 11) is 1.38. The van der Waals surface area contributed by atoms with Crippen LogP contribution in [0.25, 0.3) is 0 Å². The average Bonchev–Trinajstić information content (AvgIpc) is 2.62. The molecule has 1 aliphatic carbocycles. The maximum Gasteiger partial charge on any atom is 0.307 e. The van der Waals surface area contributed by atoms with Gasteiger partial charge in [0.25, 0.3) is 5.91 Å². The van der Waals surface area contributed by atoms with Crippen LogP contribution in [0.4, 0.5) is 0 Å². The molecule has 0 radical (unpaired) electrons. The van der Waals surface area contributed by atoms with E-state index >= 15 is 0 Å². The number of amides is 1. The molecule has 2 aliphatic heterocycles. The van der Waals surface area contributed by atoms with Gasteiger partial charge in [0.05, 0.1) is 13.5 Å². The molecule has 2 saturated heterocycles. The first kappa shape index (κ1) is 17.7. The van der Waals surface area contributed by atoms with Gasteiger partial charge >= 0.3 is 5.97 Å². The Hall–Kier alpha value is -1.14. The number of nitrogens with one attached hydrogen (secondary N) is 1. The monoisotopic (exact) mass is 338 g/mol. The Kier molecular flexibility index (Phi) is 4.00. The average molecular weight is 338 g/mol. The first-order valence-corrected chi connectivity index (χ1v) is 8.92. The third kappa shape index (κ3) is 2.84. The highest BCUT2D eigenvalue weighted by Crippen LogP contribution is 2.53. The van der Waals surface area contributed by atoms with Crippen LogP contribution in [-0.4, -0.2) is 52.8 Å². The van der Waals surface area contributed by atoms with Crippen molar-refractivity contribution in [2.75, 3.05) is 13.7 Å². The number of hydrogen-bond donors (Lipinski definition) is 1. The van der Waals surface area contributed by atoms with Crippen LogP contribution in [0, 0.1) is 0 Å². The Labute approximate surface area is 144 Å². The molecule has 136 valence electrons. The minimum Gasteiger partial charge on any atom is -0.469 e. The Morgan fingerprint density at radius 3 is 2.25 bits per heavy atom. The number of methoxy groups -OCH3 is 1. The summed E-state index contributed by atoms with van der Waals surface area (Å²) in [5.74, 6) is -0.238. The summed E-state index contributed by atoms with van der Waals surface area (Å²) in [5, 5.41) is 3.62. The quantitative estimate of drug-likeness (QED) is 0.797. The lowest BCUT2D eigenvalue weighted by Gasteiger charge is -2.51. The van der Waals surface area contributed by atoms with Crippen LogP contribution < -0.4 is 5.32 Å². The van der Waals surface area contributed by atoms with Crippen LogP contribution in [0.3, 0.4) is 0 Å². The van der Waals surface area contributed by atoms with Gasteiger partial charge in [0, 0.05) is 30.5 Å².